The molecular formula is C25H46O4. The summed E-state index contributed by atoms with van der Waals surface area (Å²) in [5, 5.41) is 0. The molecule has 4 heteroatoms. The first kappa shape index (κ1) is 27.7. The van der Waals surface area contributed by atoms with E-state index in [4.69, 9.17) is 9.47 Å². The van der Waals surface area contributed by atoms with E-state index in [9.17, 15) is 9.59 Å². The van der Waals surface area contributed by atoms with Gasteiger partial charge in [0, 0.05) is 12.0 Å². The van der Waals surface area contributed by atoms with Crippen LogP contribution in [0.4, 0.5) is 0 Å². The Morgan fingerprint density at radius 3 is 1.52 bits per heavy atom. The molecule has 0 unspecified atom stereocenters. The highest BCUT2D eigenvalue weighted by molar-refractivity contribution is 5.86. The number of carbonyl (C=O) groups excluding carboxylic acids is 2. The average Bonchev–Trinajstić information content (AvgIpc) is 2.70. The van der Waals surface area contributed by atoms with Gasteiger partial charge in [0.15, 0.2) is 0 Å². The highest BCUT2D eigenvalue weighted by Crippen LogP contribution is 2.11. The van der Waals surface area contributed by atoms with Gasteiger partial charge in [-0.3, -0.25) is 4.79 Å². The molecule has 0 aliphatic heterocycles. The minimum atomic E-state index is -0.297. The van der Waals surface area contributed by atoms with Crippen LogP contribution < -0.4 is 0 Å². The van der Waals surface area contributed by atoms with Gasteiger partial charge in [-0.05, 0) is 26.2 Å². The molecule has 4 nitrogen and oxygen atoms in total. The molecule has 0 N–H and O–H groups in total. The van der Waals surface area contributed by atoms with E-state index in [1.807, 2.05) is 0 Å². The van der Waals surface area contributed by atoms with E-state index in [2.05, 4.69) is 13.5 Å². The molecule has 0 rings (SSSR count). The maximum absolute atomic E-state index is 11.7. The Labute approximate surface area is 179 Å². The van der Waals surface area contributed by atoms with Gasteiger partial charge < -0.3 is 9.47 Å². The number of carbonyl (C=O) groups is 2. The fourth-order valence-electron chi connectivity index (χ4n) is 3.21. The summed E-state index contributed by atoms with van der Waals surface area (Å²) in [4.78, 5) is 22.9. The van der Waals surface area contributed by atoms with E-state index in [1.54, 1.807) is 6.92 Å². The lowest BCUT2D eigenvalue weighted by Crippen LogP contribution is -2.06. The zero-order valence-electron chi connectivity index (χ0n) is 19.3. The third kappa shape index (κ3) is 21.2. The Kier molecular flexibility index (Phi) is 20.4. The van der Waals surface area contributed by atoms with Crippen molar-refractivity contribution in [2.24, 2.45) is 0 Å². The molecule has 0 aliphatic rings. The summed E-state index contributed by atoms with van der Waals surface area (Å²) in [5.74, 6) is -0.335. The van der Waals surface area contributed by atoms with Crippen LogP contribution in [-0.4, -0.2) is 25.2 Å². The first-order chi connectivity index (χ1) is 14.1. The molecule has 0 atom stereocenters. The molecule has 0 radical (unpaired) electrons. The first-order valence-corrected chi connectivity index (χ1v) is 12.1. The smallest absolute Gasteiger partial charge is 0.333 e. The van der Waals surface area contributed by atoms with Crippen LogP contribution in [0.1, 0.15) is 123 Å². The lowest BCUT2D eigenvalue weighted by atomic mass is 10.1. The van der Waals surface area contributed by atoms with E-state index in [-0.39, 0.29) is 11.9 Å². The van der Waals surface area contributed by atoms with Gasteiger partial charge in [0.05, 0.1) is 13.2 Å². The second-order valence-corrected chi connectivity index (χ2v) is 8.19. The Morgan fingerprint density at radius 2 is 1.03 bits per heavy atom. The molecule has 0 spiro atoms. The summed E-state index contributed by atoms with van der Waals surface area (Å²) in [5.41, 5.74) is 0.455. The van der Waals surface area contributed by atoms with Crippen molar-refractivity contribution in [1.82, 2.24) is 0 Å². The summed E-state index contributed by atoms with van der Waals surface area (Å²) < 4.78 is 10.4. The van der Waals surface area contributed by atoms with Crippen LogP contribution in [0.5, 0.6) is 0 Å². The zero-order chi connectivity index (χ0) is 21.6. The lowest BCUT2D eigenvalue weighted by molar-refractivity contribution is -0.144. The topological polar surface area (TPSA) is 52.6 Å². The van der Waals surface area contributed by atoms with E-state index in [0.717, 1.165) is 44.9 Å². The molecule has 0 amide bonds. The fourth-order valence-corrected chi connectivity index (χ4v) is 3.21. The minimum Gasteiger partial charge on any atom is -0.466 e. The molecule has 0 heterocycles. The minimum absolute atomic E-state index is 0.0381. The molecule has 0 saturated heterocycles. The zero-order valence-corrected chi connectivity index (χ0v) is 19.3. The Morgan fingerprint density at radius 1 is 0.621 bits per heavy atom. The van der Waals surface area contributed by atoms with Crippen molar-refractivity contribution in [2.45, 2.75) is 123 Å². The van der Waals surface area contributed by atoms with Crippen molar-refractivity contribution in [1.29, 1.82) is 0 Å². The van der Waals surface area contributed by atoms with Gasteiger partial charge in [0.25, 0.3) is 0 Å². The van der Waals surface area contributed by atoms with Crippen LogP contribution in [0.3, 0.4) is 0 Å². The SMILES string of the molecule is C=C(C)C(=O)OCCCCCCCCCC(=O)OCCCCCCCCCCC. The van der Waals surface area contributed by atoms with E-state index < -0.39 is 0 Å². The van der Waals surface area contributed by atoms with Gasteiger partial charge in [0.2, 0.25) is 0 Å². The van der Waals surface area contributed by atoms with Crippen molar-refractivity contribution in [3.8, 4) is 0 Å². The number of esters is 2. The quantitative estimate of drug-likeness (QED) is 0.113. The normalized spacial score (nSPS) is 10.7. The monoisotopic (exact) mass is 410 g/mol. The molecule has 0 aromatic rings. The van der Waals surface area contributed by atoms with Crippen molar-refractivity contribution in [3.05, 3.63) is 12.2 Å². The molecule has 0 aromatic carbocycles. The molecule has 0 aliphatic carbocycles. The van der Waals surface area contributed by atoms with Crippen LogP contribution in [0.25, 0.3) is 0 Å². The third-order valence-corrected chi connectivity index (χ3v) is 5.12. The molecule has 0 aromatic heterocycles. The van der Waals surface area contributed by atoms with Crippen LogP contribution in [0.2, 0.25) is 0 Å². The second-order valence-electron chi connectivity index (χ2n) is 8.19. The molecule has 0 bridgehead atoms. The van der Waals surface area contributed by atoms with Gasteiger partial charge in [-0.15, -0.1) is 0 Å². The van der Waals surface area contributed by atoms with E-state index in [1.165, 1.54) is 57.8 Å². The van der Waals surface area contributed by atoms with Crippen molar-refractivity contribution < 1.29 is 19.1 Å². The largest absolute Gasteiger partial charge is 0.466 e. The standard InChI is InChI=1S/C25H46O4/c1-4-5-6-7-8-9-12-15-18-21-28-24(26)20-17-14-11-10-13-16-19-22-29-25(27)23(2)3/h2,4-22H2,1,3H3. The Hall–Kier alpha value is -1.32. The maximum atomic E-state index is 11.7. The number of unbranched alkanes of at least 4 members (excludes halogenated alkanes) is 14. The van der Waals surface area contributed by atoms with Crippen LogP contribution in [0, 0.1) is 0 Å². The second kappa shape index (κ2) is 21.4. The fraction of sp³-hybridized carbons (Fsp3) is 0.840. The maximum Gasteiger partial charge on any atom is 0.333 e. The molecule has 29 heavy (non-hydrogen) atoms. The highest BCUT2D eigenvalue weighted by atomic mass is 16.5. The van der Waals surface area contributed by atoms with Crippen molar-refractivity contribution in [2.75, 3.05) is 13.2 Å². The summed E-state index contributed by atoms with van der Waals surface area (Å²) >= 11 is 0. The first-order valence-electron chi connectivity index (χ1n) is 12.1. The van der Waals surface area contributed by atoms with E-state index in [0.29, 0.717) is 25.2 Å². The van der Waals surface area contributed by atoms with Gasteiger partial charge in [-0.1, -0.05) is 97.0 Å². The Bertz CT molecular complexity index is 417. The molecule has 0 saturated carbocycles. The van der Waals surface area contributed by atoms with Crippen molar-refractivity contribution >= 4 is 11.9 Å². The number of hydrogen-bond acceptors (Lipinski definition) is 4. The summed E-state index contributed by atoms with van der Waals surface area (Å²) in [6.45, 7) is 8.54. The lowest BCUT2D eigenvalue weighted by Gasteiger charge is -2.06. The molecule has 170 valence electrons. The summed E-state index contributed by atoms with van der Waals surface area (Å²) in [6, 6.07) is 0. The van der Waals surface area contributed by atoms with Crippen LogP contribution in [-0.2, 0) is 19.1 Å². The number of ether oxygens (including phenoxy) is 2. The van der Waals surface area contributed by atoms with Gasteiger partial charge in [-0.2, -0.15) is 0 Å². The molecular weight excluding hydrogens is 364 g/mol. The predicted octanol–water partition coefficient (Wildman–Crippen LogP) is 7.30. The predicted molar refractivity (Wildman–Crippen MR) is 121 cm³/mol. The summed E-state index contributed by atoms with van der Waals surface area (Å²) in [6.07, 6.45) is 19.5. The summed E-state index contributed by atoms with van der Waals surface area (Å²) in [7, 11) is 0. The van der Waals surface area contributed by atoms with Gasteiger partial charge in [-0.25, -0.2) is 4.79 Å². The van der Waals surface area contributed by atoms with Crippen LogP contribution in [0.15, 0.2) is 12.2 Å². The number of hydrogen-bond donors (Lipinski definition) is 0. The van der Waals surface area contributed by atoms with Crippen molar-refractivity contribution in [3.63, 3.8) is 0 Å². The molecule has 0 fully saturated rings. The van der Waals surface area contributed by atoms with Gasteiger partial charge >= 0.3 is 11.9 Å². The van der Waals surface area contributed by atoms with Crippen LogP contribution >= 0.6 is 0 Å². The number of rotatable bonds is 21. The highest BCUT2D eigenvalue weighted by Gasteiger charge is 2.03. The van der Waals surface area contributed by atoms with Gasteiger partial charge in [0.1, 0.15) is 0 Å². The average molecular weight is 411 g/mol. The third-order valence-electron chi connectivity index (χ3n) is 5.12. The van der Waals surface area contributed by atoms with E-state index >= 15 is 0 Å². The Balaban J connectivity index is 3.22.